The molecule has 1 unspecified atom stereocenters. The molecule has 0 heterocycles. The zero-order chi connectivity index (χ0) is 30.3. The zero-order valence-electron chi connectivity index (χ0n) is 24.7. The van der Waals surface area contributed by atoms with Gasteiger partial charge in [0.15, 0.2) is 0 Å². The molecule has 13 nitrogen and oxygen atoms in total. The Bertz CT molecular complexity index is 773. The quantitative estimate of drug-likeness (QED) is 0.0960. The van der Waals surface area contributed by atoms with Crippen molar-refractivity contribution in [2.75, 3.05) is 85.4 Å². The van der Waals surface area contributed by atoms with E-state index in [1.807, 2.05) is 0 Å². The maximum absolute atomic E-state index is 12.7. The lowest BCUT2D eigenvalue weighted by molar-refractivity contribution is -0.153. The summed E-state index contributed by atoms with van der Waals surface area (Å²) in [6.45, 7) is 13.5. The van der Waals surface area contributed by atoms with E-state index in [1.54, 1.807) is 55.4 Å². The van der Waals surface area contributed by atoms with Crippen LogP contribution in [-0.2, 0) is 47.7 Å². The van der Waals surface area contributed by atoms with Gasteiger partial charge in [-0.2, -0.15) is 0 Å². The second kappa shape index (κ2) is 22.8. The number of rotatable bonds is 23. The lowest BCUT2D eigenvalue weighted by Crippen LogP contribution is -2.49. The van der Waals surface area contributed by atoms with E-state index in [0.717, 1.165) is 0 Å². The first-order valence-corrected chi connectivity index (χ1v) is 13.7. The number of esters is 5. The van der Waals surface area contributed by atoms with Crippen molar-refractivity contribution in [1.82, 2.24) is 14.7 Å². The highest BCUT2D eigenvalue weighted by Gasteiger charge is 2.29. The lowest BCUT2D eigenvalue weighted by Gasteiger charge is -2.32. The van der Waals surface area contributed by atoms with E-state index in [0.29, 0.717) is 0 Å². The fourth-order valence-electron chi connectivity index (χ4n) is 3.71. The van der Waals surface area contributed by atoms with Crippen molar-refractivity contribution in [2.45, 2.75) is 47.1 Å². The zero-order valence-corrected chi connectivity index (χ0v) is 24.7. The van der Waals surface area contributed by atoms with Gasteiger partial charge in [0.25, 0.3) is 0 Å². The molecule has 13 heteroatoms. The third-order valence-electron chi connectivity index (χ3n) is 5.44. The van der Waals surface area contributed by atoms with Gasteiger partial charge in [-0.05, 0) is 41.0 Å². The number of nitrogens with zero attached hydrogens (tertiary/aromatic N) is 3. The highest BCUT2D eigenvalue weighted by Crippen LogP contribution is 2.10. The minimum atomic E-state index is -0.782. The Labute approximate surface area is 237 Å². The highest BCUT2D eigenvalue weighted by molar-refractivity contribution is 5.78. The summed E-state index contributed by atoms with van der Waals surface area (Å²) in [5.74, 6) is -2.46. The fraction of sp³-hybridized carbons (Fsp3) is 0.741. The second-order valence-electron chi connectivity index (χ2n) is 8.47. The van der Waals surface area contributed by atoms with Crippen LogP contribution in [-0.4, -0.2) is 136 Å². The minimum absolute atomic E-state index is 0.0841. The van der Waals surface area contributed by atoms with Gasteiger partial charge in [-0.3, -0.25) is 38.7 Å². The van der Waals surface area contributed by atoms with Crippen molar-refractivity contribution in [3.63, 3.8) is 0 Å². The molecule has 0 amide bonds. The molecule has 1 atom stereocenters. The summed E-state index contributed by atoms with van der Waals surface area (Å²) in [6.07, 6.45) is 1.81. The molecule has 0 saturated heterocycles. The van der Waals surface area contributed by atoms with E-state index >= 15 is 0 Å². The Morgan fingerprint density at radius 1 is 0.575 bits per heavy atom. The molecular weight excluding hydrogens is 526 g/mol. The average molecular weight is 574 g/mol. The monoisotopic (exact) mass is 573 g/mol. The Morgan fingerprint density at radius 2 is 0.950 bits per heavy atom. The number of carbonyl (C=O) groups is 5. The van der Waals surface area contributed by atoms with E-state index < -0.39 is 35.9 Å². The predicted octanol–water partition coefficient (Wildman–Crippen LogP) is 0.653. The summed E-state index contributed by atoms with van der Waals surface area (Å²) in [4.78, 5) is 66.6. The van der Waals surface area contributed by atoms with Crippen molar-refractivity contribution >= 4 is 29.8 Å². The number of hydrogen-bond acceptors (Lipinski definition) is 13. The van der Waals surface area contributed by atoms with Crippen molar-refractivity contribution in [2.24, 2.45) is 0 Å². The van der Waals surface area contributed by atoms with Crippen LogP contribution in [0.25, 0.3) is 0 Å². The average Bonchev–Trinajstić information content (AvgIpc) is 2.88. The van der Waals surface area contributed by atoms with E-state index in [4.69, 9.17) is 23.7 Å². The van der Waals surface area contributed by atoms with Gasteiger partial charge in [0, 0.05) is 26.2 Å². The van der Waals surface area contributed by atoms with Gasteiger partial charge in [-0.25, -0.2) is 0 Å². The summed E-state index contributed by atoms with van der Waals surface area (Å²) < 4.78 is 25.5. The van der Waals surface area contributed by atoms with E-state index in [2.05, 4.69) is 6.58 Å². The molecule has 0 aliphatic heterocycles. The standard InChI is InChI=1S/C27H47N3O10/c1-7-13-22(27(35)40-12-6)30(21-26(34)39-11-5)17-16-28(18-23(31)36-8-2)14-15-29(19-24(32)37-9-3)20-25(33)38-10-4/h7,22H,1,8-21H2,2-6H3. The minimum Gasteiger partial charge on any atom is -0.465 e. The number of carbonyl (C=O) groups excluding carboxylic acids is 5. The Hall–Kier alpha value is -3.03. The second-order valence-corrected chi connectivity index (χ2v) is 8.47. The third-order valence-corrected chi connectivity index (χ3v) is 5.44. The molecule has 40 heavy (non-hydrogen) atoms. The van der Waals surface area contributed by atoms with Crippen molar-refractivity contribution < 1.29 is 47.7 Å². The molecule has 0 aromatic carbocycles. The molecule has 0 N–H and O–H groups in total. The fourth-order valence-corrected chi connectivity index (χ4v) is 3.71. The topological polar surface area (TPSA) is 141 Å². The maximum Gasteiger partial charge on any atom is 0.323 e. The Balaban J connectivity index is 5.80. The van der Waals surface area contributed by atoms with Crippen LogP contribution in [0.1, 0.15) is 41.0 Å². The van der Waals surface area contributed by atoms with Crippen LogP contribution in [0.5, 0.6) is 0 Å². The van der Waals surface area contributed by atoms with Gasteiger partial charge in [0.1, 0.15) is 6.04 Å². The van der Waals surface area contributed by atoms with Gasteiger partial charge in [0.2, 0.25) is 0 Å². The highest BCUT2D eigenvalue weighted by atomic mass is 16.5. The van der Waals surface area contributed by atoms with Crippen molar-refractivity contribution in [3.8, 4) is 0 Å². The SMILES string of the molecule is C=CCC(C(=O)OCC)N(CCN(CCN(CC(=O)OCC)CC(=O)OCC)CC(=O)OCC)CC(=O)OCC. The van der Waals surface area contributed by atoms with E-state index in [9.17, 15) is 24.0 Å². The number of ether oxygens (including phenoxy) is 5. The molecule has 0 spiro atoms. The molecule has 0 aromatic rings. The van der Waals surface area contributed by atoms with Gasteiger partial charge >= 0.3 is 29.8 Å². The molecule has 0 aliphatic carbocycles. The smallest absolute Gasteiger partial charge is 0.323 e. The van der Waals surface area contributed by atoms with Crippen LogP contribution in [0.4, 0.5) is 0 Å². The Morgan fingerprint density at radius 3 is 1.38 bits per heavy atom. The maximum atomic E-state index is 12.7. The van der Waals surface area contributed by atoms with Crippen LogP contribution >= 0.6 is 0 Å². The van der Waals surface area contributed by atoms with Crippen LogP contribution in [0, 0.1) is 0 Å². The lowest BCUT2D eigenvalue weighted by atomic mass is 10.1. The van der Waals surface area contributed by atoms with Crippen molar-refractivity contribution in [1.29, 1.82) is 0 Å². The van der Waals surface area contributed by atoms with Crippen LogP contribution in [0.15, 0.2) is 12.7 Å². The van der Waals surface area contributed by atoms with Crippen LogP contribution < -0.4 is 0 Å². The molecule has 230 valence electrons. The first-order chi connectivity index (χ1) is 19.1. The summed E-state index contributed by atoms with van der Waals surface area (Å²) in [5, 5.41) is 0. The normalized spacial score (nSPS) is 11.7. The molecule has 0 aromatic heterocycles. The summed E-state index contributed by atoms with van der Waals surface area (Å²) in [5.41, 5.74) is 0. The molecule has 0 fully saturated rings. The van der Waals surface area contributed by atoms with E-state index in [1.165, 1.54) is 0 Å². The first kappa shape index (κ1) is 37.0. The van der Waals surface area contributed by atoms with E-state index in [-0.39, 0.29) is 91.8 Å². The molecular formula is C27H47N3O10. The summed E-state index contributed by atoms with van der Waals surface area (Å²) in [7, 11) is 0. The van der Waals surface area contributed by atoms with Crippen LogP contribution in [0.3, 0.4) is 0 Å². The molecule has 0 bridgehead atoms. The summed E-state index contributed by atoms with van der Waals surface area (Å²) in [6, 6.07) is -0.782. The first-order valence-electron chi connectivity index (χ1n) is 13.7. The third kappa shape index (κ3) is 16.8. The molecule has 0 aliphatic rings. The van der Waals surface area contributed by atoms with Gasteiger partial charge in [0.05, 0.1) is 59.2 Å². The molecule has 0 rings (SSSR count). The van der Waals surface area contributed by atoms with Crippen LogP contribution in [0.2, 0.25) is 0 Å². The van der Waals surface area contributed by atoms with Gasteiger partial charge in [-0.15, -0.1) is 6.58 Å². The molecule has 0 radical (unpaired) electrons. The van der Waals surface area contributed by atoms with Gasteiger partial charge < -0.3 is 23.7 Å². The predicted molar refractivity (Wildman–Crippen MR) is 146 cm³/mol. The molecule has 0 saturated carbocycles. The van der Waals surface area contributed by atoms with Gasteiger partial charge in [-0.1, -0.05) is 6.08 Å². The Kier molecular flexibility index (Phi) is 21.0. The van der Waals surface area contributed by atoms with Crippen molar-refractivity contribution in [3.05, 3.63) is 12.7 Å². The summed E-state index contributed by atoms with van der Waals surface area (Å²) >= 11 is 0. The largest absolute Gasteiger partial charge is 0.465 e. The number of hydrogen-bond donors (Lipinski definition) is 0.